The molecule has 0 unspecified atom stereocenters. The molecule has 0 aliphatic heterocycles. The molecule has 2 aromatic rings. The summed E-state index contributed by atoms with van der Waals surface area (Å²) in [6.45, 7) is 1.32. The number of hydrogen-bond donors (Lipinski definition) is 3. The zero-order valence-corrected chi connectivity index (χ0v) is 13.0. The van der Waals surface area contributed by atoms with Crippen LogP contribution in [0.3, 0.4) is 0 Å². The largest absolute Gasteiger partial charge is 0.505 e. The first kappa shape index (κ1) is 16.9. The monoisotopic (exact) mass is 329 g/mol. The number of nitrogens with zero attached hydrogens (tertiary/aromatic N) is 1. The van der Waals surface area contributed by atoms with E-state index in [1.807, 2.05) is 0 Å². The van der Waals surface area contributed by atoms with Crippen LogP contribution >= 0.6 is 0 Å². The van der Waals surface area contributed by atoms with E-state index in [0.717, 1.165) is 0 Å². The Labute approximate surface area is 137 Å². The third kappa shape index (κ3) is 3.86. The second-order valence-corrected chi connectivity index (χ2v) is 4.76. The van der Waals surface area contributed by atoms with Gasteiger partial charge in [0, 0.05) is 18.7 Å². The van der Waals surface area contributed by atoms with Crippen LogP contribution in [0.1, 0.15) is 27.6 Å². The second kappa shape index (κ2) is 7.23. The van der Waals surface area contributed by atoms with Gasteiger partial charge in [0.05, 0.1) is 12.8 Å². The number of hydrogen-bond acceptors (Lipinski definition) is 6. The quantitative estimate of drug-likeness (QED) is 0.581. The number of anilines is 2. The summed E-state index contributed by atoms with van der Waals surface area (Å²) in [5.41, 5.74) is 0.210. The summed E-state index contributed by atoms with van der Waals surface area (Å²) in [5.74, 6) is -1.75. The van der Waals surface area contributed by atoms with Crippen molar-refractivity contribution in [1.82, 2.24) is 4.98 Å². The second-order valence-electron chi connectivity index (χ2n) is 4.76. The Bertz CT molecular complexity index is 804. The number of phenols is 1. The molecule has 0 saturated carbocycles. The number of esters is 1. The minimum absolute atomic E-state index is 0.0563. The minimum Gasteiger partial charge on any atom is -0.505 e. The van der Waals surface area contributed by atoms with E-state index in [2.05, 4.69) is 20.4 Å². The van der Waals surface area contributed by atoms with Crippen molar-refractivity contribution in [2.45, 2.75) is 6.92 Å². The van der Waals surface area contributed by atoms with Crippen LogP contribution in [0.5, 0.6) is 5.75 Å². The zero-order valence-electron chi connectivity index (χ0n) is 13.0. The summed E-state index contributed by atoms with van der Waals surface area (Å²) in [6.07, 6.45) is 1.37. The topological polar surface area (TPSA) is 118 Å². The van der Waals surface area contributed by atoms with Crippen molar-refractivity contribution in [3.63, 3.8) is 0 Å². The molecule has 3 N–H and O–H groups in total. The Balaban J connectivity index is 2.24. The molecule has 0 spiro atoms. The number of benzene rings is 1. The maximum atomic E-state index is 12.3. The van der Waals surface area contributed by atoms with E-state index in [1.54, 1.807) is 0 Å². The van der Waals surface area contributed by atoms with Crippen molar-refractivity contribution < 1.29 is 24.2 Å². The number of phenolic OH excluding ortho intramolecular Hbond substituents is 1. The van der Waals surface area contributed by atoms with Crippen LogP contribution in [-0.2, 0) is 9.53 Å². The van der Waals surface area contributed by atoms with Gasteiger partial charge in [-0.25, -0.2) is 9.78 Å². The Hall–Kier alpha value is -3.42. The number of methoxy groups -OCH3 is 1. The van der Waals surface area contributed by atoms with E-state index >= 15 is 0 Å². The van der Waals surface area contributed by atoms with Gasteiger partial charge in [0.2, 0.25) is 5.91 Å². The number of nitrogens with one attached hydrogen (secondary N) is 2. The first-order chi connectivity index (χ1) is 11.4. The molecule has 0 aliphatic carbocycles. The molecule has 2 amide bonds. The fourth-order valence-electron chi connectivity index (χ4n) is 1.93. The summed E-state index contributed by atoms with van der Waals surface area (Å²) >= 11 is 0. The summed E-state index contributed by atoms with van der Waals surface area (Å²) in [4.78, 5) is 38.8. The van der Waals surface area contributed by atoms with Gasteiger partial charge in [-0.15, -0.1) is 0 Å². The van der Waals surface area contributed by atoms with Gasteiger partial charge in [-0.2, -0.15) is 0 Å². The summed E-state index contributed by atoms with van der Waals surface area (Å²) in [7, 11) is 1.19. The lowest BCUT2D eigenvalue weighted by Gasteiger charge is -2.10. The summed E-state index contributed by atoms with van der Waals surface area (Å²) < 4.78 is 4.55. The van der Waals surface area contributed by atoms with Crippen LogP contribution in [0.25, 0.3) is 0 Å². The molecule has 0 saturated heterocycles. The van der Waals surface area contributed by atoms with Crippen molar-refractivity contribution in [3.8, 4) is 5.75 Å². The van der Waals surface area contributed by atoms with E-state index in [1.165, 1.54) is 50.6 Å². The van der Waals surface area contributed by atoms with Crippen LogP contribution in [0.4, 0.5) is 11.5 Å². The molecule has 1 aromatic carbocycles. The summed E-state index contributed by atoms with van der Waals surface area (Å²) in [5, 5.41) is 15.0. The Kier molecular flexibility index (Phi) is 5.10. The molecule has 8 nitrogen and oxygen atoms in total. The van der Waals surface area contributed by atoms with Gasteiger partial charge >= 0.3 is 5.97 Å². The number of amides is 2. The average Bonchev–Trinajstić information content (AvgIpc) is 2.55. The Morgan fingerprint density at radius 3 is 2.58 bits per heavy atom. The van der Waals surface area contributed by atoms with Crippen molar-refractivity contribution in [1.29, 1.82) is 0 Å². The average molecular weight is 329 g/mol. The van der Waals surface area contributed by atoms with E-state index in [-0.39, 0.29) is 28.5 Å². The minimum atomic E-state index is -0.722. The highest BCUT2D eigenvalue weighted by atomic mass is 16.5. The molecular weight excluding hydrogens is 314 g/mol. The molecule has 2 rings (SSSR count). The van der Waals surface area contributed by atoms with Gasteiger partial charge in [-0.3, -0.25) is 9.59 Å². The molecule has 0 aliphatic rings. The fraction of sp³-hybridized carbons (Fsp3) is 0.125. The van der Waals surface area contributed by atoms with Crippen LogP contribution in [0.15, 0.2) is 36.5 Å². The van der Waals surface area contributed by atoms with Gasteiger partial charge in [0.1, 0.15) is 11.4 Å². The van der Waals surface area contributed by atoms with Crippen molar-refractivity contribution in [2.24, 2.45) is 0 Å². The molecular formula is C16H15N3O5. The summed E-state index contributed by atoms with van der Waals surface area (Å²) in [6, 6.07) is 7.14. The number of rotatable bonds is 4. The predicted octanol–water partition coefficient (Wildman–Crippen LogP) is 1.78. The number of aromatic hydroxyl groups is 1. The molecule has 24 heavy (non-hydrogen) atoms. The van der Waals surface area contributed by atoms with Crippen LogP contribution < -0.4 is 10.6 Å². The number of carbonyl (C=O) groups excluding carboxylic acids is 3. The molecule has 0 radical (unpaired) electrons. The standard InChI is InChI=1S/C16H15N3O5/c1-9(20)18-13-8-10(6-7-17-13)15(22)19-12-5-3-4-11(14(12)21)16(23)24-2/h3-8,21H,1-2H3,(H,19,22)(H,17,18,20). The zero-order chi connectivity index (χ0) is 17.7. The van der Waals surface area contributed by atoms with E-state index in [0.29, 0.717) is 0 Å². The van der Waals surface area contributed by atoms with E-state index < -0.39 is 17.6 Å². The van der Waals surface area contributed by atoms with Crippen molar-refractivity contribution in [3.05, 3.63) is 47.7 Å². The van der Waals surface area contributed by atoms with Gasteiger partial charge in [-0.1, -0.05) is 6.07 Å². The molecule has 0 atom stereocenters. The van der Waals surface area contributed by atoms with Gasteiger partial charge in [0.25, 0.3) is 5.91 Å². The third-order valence-corrected chi connectivity index (χ3v) is 3.02. The first-order valence-corrected chi connectivity index (χ1v) is 6.87. The Morgan fingerprint density at radius 1 is 1.17 bits per heavy atom. The molecule has 124 valence electrons. The number of ether oxygens (including phenoxy) is 1. The highest BCUT2D eigenvalue weighted by Crippen LogP contribution is 2.28. The van der Waals surface area contributed by atoms with Gasteiger partial charge in [-0.05, 0) is 24.3 Å². The maximum absolute atomic E-state index is 12.3. The number of pyridine rings is 1. The molecule has 0 fully saturated rings. The molecule has 1 aromatic heterocycles. The highest BCUT2D eigenvalue weighted by Gasteiger charge is 2.17. The van der Waals surface area contributed by atoms with Crippen LogP contribution in [-0.4, -0.2) is 35.0 Å². The first-order valence-electron chi connectivity index (χ1n) is 6.87. The number of para-hydroxylation sites is 1. The van der Waals surface area contributed by atoms with Crippen molar-refractivity contribution in [2.75, 3.05) is 17.7 Å². The number of carbonyl (C=O) groups is 3. The lowest BCUT2D eigenvalue weighted by molar-refractivity contribution is -0.114. The van der Waals surface area contributed by atoms with E-state index in [9.17, 15) is 19.5 Å². The maximum Gasteiger partial charge on any atom is 0.341 e. The molecule has 1 heterocycles. The number of aromatic nitrogens is 1. The van der Waals surface area contributed by atoms with Crippen LogP contribution in [0, 0.1) is 0 Å². The molecule has 8 heteroatoms. The fourth-order valence-corrected chi connectivity index (χ4v) is 1.93. The van der Waals surface area contributed by atoms with Crippen LogP contribution in [0.2, 0.25) is 0 Å². The predicted molar refractivity (Wildman–Crippen MR) is 85.9 cm³/mol. The smallest absolute Gasteiger partial charge is 0.341 e. The lowest BCUT2D eigenvalue weighted by Crippen LogP contribution is -2.14. The normalized spacial score (nSPS) is 9.92. The van der Waals surface area contributed by atoms with Crippen molar-refractivity contribution >= 4 is 29.3 Å². The Morgan fingerprint density at radius 2 is 1.92 bits per heavy atom. The van der Waals surface area contributed by atoms with Gasteiger partial charge in [0.15, 0.2) is 5.75 Å². The van der Waals surface area contributed by atoms with Gasteiger partial charge < -0.3 is 20.5 Å². The SMILES string of the molecule is COC(=O)c1cccc(NC(=O)c2ccnc(NC(C)=O)c2)c1O. The lowest BCUT2D eigenvalue weighted by atomic mass is 10.1. The third-order valence-electron chi connectivity index (χ3n) is 3.02. The molecule has 0 bridgehead atoms. The highest BCUT2D eigenvalue weighted by molar-refractivity contribution is 6.07. The van der Waals surface area contributed by atoms with E-state index in [4.69, 9.17) is 0 Å².